The molecule has 4 rings (SSSR count). The van der Waals surface area contributed by atoms with E-state index < -0.39 is 0 Å². The fourth-order valence-electron chi connectivity index (χ4n) is 3.31. The smallest absolute Gasteiger partial charge is 0.260 e. The fourth-order valence-corrected chi connectivity index (χ4v) is 3.31. The number of hydrogen-bond donors (Lipinski definition) is 1. The third kappa shape index (κ3) is 3.50. The maximum atomic E-state index is 13.1. The van der Waals surface area contributed by atoms with Crippen molar-refractivity contribution in [3.63, 3.8) is 0 Å². The number of morpholine rings is 1. The number of amides is 1. The van der Waals surface area contributed by atoms with E-state index in [0.717, 1.165) is 5.75 Å². The molecule has 0 saturated carbocycles. The van der Waals surface area contributed by atoms with Crippen LogP contribution in [-0.2, 0) is 4.74 Å². The quantitative estimate of drug-likeness (QED) is 0.725. The summed E-state index contributed by atoms with van der Waals surface area (Å²) in [5.74, 6) is 1.70. The maximum Gasteiger partial charge on any atom is 0.260 e. The molecule has 2 aromatic heterocycles. The number of ether oxygens (including phenoxy) is 2. The van der Waals surface area contributed by atoms with Crippen LogP contribution in [0.5, 0.6) is 5.75 Å². The molecule has 146 valence electrons. The summed E-state index contributed by atoms with van der Waals surface area (Å²) < 4.78 is 16.6. The highest BCUT2D eigenvalue weighted by Gasteiger charge is 2.26. The molecule has 3 heterocycles. The Kier molecular flexibility index (Phi) is 5.12. The van der Waals surface area contributed by atoms with Crippen molar-refractivity contribution in [3.8, 4) is 5.75 Å². The first-order valence-corrected chi connectivity index (χ1v) is 9.28. The van der Waals surface area contributed by atoms with Crippen LogP contribution in [0.15, 0.2) is 35.0 Å². The predicted octanol–water partition coefficient (Wildman–Crippen LogP) is 3.02. The summed E-state index contributed by atoms with van der Waals surface area (Å²) in [5, 5.41) is 3.55. The van der Waals surface area contributed by atoms with E-state index >= 15 is 0 Å². The molecule has 1 fully saturated rings. The summed E-state index contributed by atoms with van der Waals surface area (Å²) in [7, 11) is 0. The second-order valence-electron chi connectivity index (χ2n) is 6.42. The predicted molar refractivity (Wildman–Crippen MR) is 105 cm³/mol. The van der Waals surface area contributed by atoms with Crippen LogP contribution in [0.25, 0.3) is 11.1 Å². The second kappa shape index (κ2) is 7.85. The van der Waals surface area contributed by atoms with Gasteiger partial charge in [0.25, 0.3) is 5.91 Å². The first kappa shape index (κ1) is 18.2. The van der Waals surface area contributed by atoms with Gasteiger partial charge in [0.05, 0.1) is 30.8 Å². The number of nitrogens with one attached hydrogen (secondary N) is 1. The van der Waals surface area contributed by atoms with Crippen molar-refractivity contribution in [2.75, 3.05) is 43.1 Å². The van der Waals surface area contributed by atoms with E-state index in [1.165, 1.54) is 6.33 Å². The minimum Gasteiger partial charge on any atom is -0.494 e. The van der Waals surface area contributed by atoms with E-state index in [1.54, 1.807) is 19.1 Å². The van der Waals surface area contributed by atoms with Crippen LogP contribution >= 0.6 is 0 Å². The van der Waals surface area contributed by atoms with Crippen molar-refractivity contribution in [1.82, 2.24) is 9.97 Å². The van der Waals surface area contributed by atoms with Crippen LogP contribution in [0.1, 0.15) is 23.0 Å². The third-order valence-corrected chi connectivity index (χ3v) is 4.61. The summed E-state index contributed by atoms with van der Waals surface area (Å²) in [6.07, 6.45) is 1.46. The Bertz CT molecular complexity index is 978. The van der Waals surface area contributed by atoms with Gasteiger partial charge in [-0.2, -0.15) is 0 Å². The summed E-state index contributed by atoms with van der Waals surface area (Å²) >= 11 is 0. The number of hydrogen-bond acceptors (Lipinski definition) is 7. The number of rotatable bonds is 5. The molecule has 0 bridgehead atoms. The molecule has 1 N–H and O–H groups in total. The number of carbonyl (C=O) groups is 1. The van der Waals surface area contributed by atoms with Crippen LogP contribution in [0.4, 0.5) is 11.5 Å². The molecule has 28 heavy (non-hydrogen) atoms. The lowest BCUT2D eigenvalue weighted by Gasteiger charge is -2.28. The Morgan fingerprint density at radius 1 is 1.21 bits per heavy atom. The zero-order valence-corrected chi connectivity index (χ0v) is 15.9. The van der Waals surface area contributed by atoms with Gasteiger partial charge >= 0.3 is 0 Å². The van der Waals surface area contributed by atoms with Crippen LogP contribution in [-0.4, -0.2) is 48.8 Å². The number of furan rings is 1. The molecule has 1 saturated heterocycles. The Morgan fingerprint density at radius 3 is 2.68 bits per heavy atom. The standard InChI is InChI=1S/C20H22N4O4/c1-3-27-15-6-4-14(5-7-15)23-19(25)16-13(2)28-20-17(16)18(21-12-22-20)24-8-10-26-11-9-24/h4-7,12H,3,8-11H2,1-2H3,(H,23,25). The van der Waals surface area contributed by atoms with Crippen molar-refractivity contribution in [2.24, 2.45) is 0 Å². The fraction of sp³-hybridized carbons (Fsp3) is 0.350. The highest BCUT2D eigenvalue weighted by atomic mass is 16.5. The molecule has 1 amide bonds. The average Bonchev–Trinajstić information content (AvgIpc) is 3.06. The maximum absolute atomic E-state index is 13.1. The van der Waals surface area contributed by atoms with Gasteiger partial charge in [-0.3, -0.25) is 4.79 Å². The molecule has 1 aromatic carbocycles. The highest BCUT2D eigenvalue weighted by molar-refractivity contribution is 6.15. The normalized spacial score (nSPS) is 14.3. The van der Waals surface area contributed by atoms with Gasteiger partial charge in [-0.15, -0.1) is 0 Å². The number of aromatic nitrogens is 2. The lowest BCUT2D eigenvalue weighted by molar-refractivity contribution is 0.102. The van der Waals surface area contributed by atoms with Crippen LogP contribution in [0.2, 0.25) is 0 Å². The first-order chi connectivity index (χ1) is 13.7. The molecular weight excluding hydrogens is 360 g/mol. The minimum absolute atomic E-state index is 0.260. The van der Waals surface area contributed by atoms with Crippen LogP contribution < -0.4 is 15.0 Å². The van der Waals surface area contributed by atoms with Crippen LogP contribution in [0, 0.1) is 6.92 Å². The molecule has 1 aliphatic rings. The van der Waals surface area contributed by atoms with Crippen LogP contribution in [0.3, 0.4) is 0 Å². The molecule has 8 heteroatoms. The lowest BCUT2D eigenvalue weighted by atomic mass is 10.1. The zero-order valence-electron chi connectivity index (χ0n) is 15.9. The number of benzene rings is 1. The van der Waals surface area contributed by atoms with Gasteiger partial charge < -0.3 is 24.1 Å². The monoisotopic (exact) mass is 382 g/mol. The topological polar surface area (TPSA) is 89.7 Å². The highest BCUT2D eigenvalue weighted by Crippen LogP contribution is 2.32. The van der Waals surface area contributed by atoms with Gasteiger partial charge in [0.2, 0.25) is 5.71 Å². The van der Waals surface area contributed by atoms with Gasteiger partial charge in [0.1, 0.15) is 23.7 Å². The lowest BCUT2D eigenvalue weighted by Crippen LogP contribution is -2.37. The molecule has 0 radical (unpaired) electrons. The average molecular weight is 382 g/mol. The van der Waals surface area contributed by atoms with Gasteiger partial charge in [-0.05, 0) is 38.1 Å². The molecule has 8 nitrogen and oxygen atoms in total. The first-order valence-electron chi connectivity index (χ1n) is 9.28. The van der Waals surface area contributed by atoms with E-state index in [4.69, 9.17) is 13.9 Å². The van der Waals surface area contributed by atoms with E-state index in [2.05, 4.69) is 20.2 Å². The molecule has 0 unspecified atom stereocenters. The molecule has 3 aromatic rings. The summed E-state index contributed by atoms with van der Waals surface area (Å²) in [4.78, 5) is 23.8. The van der Waals surface area contributed by atoms with Crippen molar-refractivity contribution >= 4 is 28.5 Å². The SMILES string of the molecule is CCOc1ccc(NC(=O)c2c(C)oc3ncnc(N4CCOCC4)c23)cc1. The number of anilines is 2. The summed E-state index contributed by atoms with van der Waals surface area (Å²) in [6, 6.07) is 7.25. The van der Waals surface area contributed by atoms with Crippen molar-refractivity contribution in [3.05, 3.63) is 41.9 Å². The number of carbonyl (C=O) groups excluding carboxylic acids is 1. The Balaban J connectivity index is 1.67. The van der Waals surface area contributed by atoms with Gasteiger partial charge in [-0.1, -0.05) is 0 Å². The largest absolute Gasteiger partial charge is 0.494 e. The molecular formula is C20H22N4O4. The minimum atomic E-state index is -0.260. The summed E-state index contributed by atoms with van der Waals surface area (Å²) in [6.45, 7) is 6.93. The Morgan fingerprint density at radius 2 is 1.96 bits per heavy atom. The van der Waals surface area contributed by atoms with E-state index in [0.29, 0.717) is 66.8 Å². The van der Waals surface area contributed by atoms with E-state index in [9.17, 15) is 4.79 Å². The number of nitrogens with zero attached hydrogens (tertiary/aromatic N) is 3. The van der Waals surface area contributed by atoms with Crippen molar-refractivity contribution < 1.29 is 18.7 Å². The zero-order chi connectivity index (χ0) is 19.5. The molecule has 0 spiro atoms. The molecule has 0 atom stereocenters. The van der Waals surface area contributed by atoms with Crippen molar-refractivity contribution in [1.29, 1.82) is 0 Å². The third-order valence-electron chi connectivity index (χ3n) is 4.61. The van der Waals surface area contributed by atoms with Gasteiger partial charge in [0.15, 0.2) is 0 Å². The Labute approximate surface area is 162 Å². The van der Waals surface area contributed by atoms with E-state index in [-0.39, 0.29) is 5.91 Å². The number of fused-ring (bicyclic) bond motifs is 1. The molecule has 1 aliphatic heterocycles. The second-order valence-corrected chi connectivity index (χ2v) is 6.42. The van der Waals surface area contributed by atoms with Crippen molar-refractivity contribution in [2.45, 2.75) is 13.8 Å². The number of aryl methyl sites for hydroxylation is 1. The van der Waals surface area contributed by atoms with Gasteiger partial charge in [0, 0.05) is 18.8 Å². The molecule has 0 aliphatic carbocycles. The van der Waals surface area contributed by atoms with E-state index in [1.807, 2.05) is 19.1 Å². The summed E-state index contributed by atoms with van der Waals surface area (Å²) in [5.41, 5.74) is 1.53. The van der Waals surface area contributed by atoms with Gasteiger partial charge in [-0.25, -0.2) is 9.97 Å². The Hall–Kier alpha value is -3.13.